The van der Waals surface area contributed by atoms with Gasteiger partial charge in [-0.1, -0.05) is 78.9 Å². The van der Waals surface area contributed by atoms with Crippen LogP contribution >= 0.6 is 0 Å². The normalized spacial score (nSPS) is 16.3. The summed E-state index contributed by atoms with van der Waals surface area (Å²) in [6.45, 7) is 4.32. The molecule has 2 atom stereocenters. The van der Waals surface area contributed by atoms with Crippen molar-refractivity contribution >= 4 is 6.09 Å². The molecule has 0 spiro atoms. The lowest BCUT2D eigenvalue weighted by Crippen LogP contribution is -2.47. The van der Waals surface area contributed by atoms with Crippen LogP contribution in [-0.2, 0) is 27.5 Å². The summed E-state index contributed by atoms with van der Waals surface area (Å²) in [7, 11) is 1.68. The third-order valence-corrected chi connectivity index (χ3v) is 8.14. The van der Waals surface area contributed by atoms with Gasteiger partial charge in [0.15, 0.2) is 0 Å². The lowest BCUT2D eigenvalue weighted by Gasteiger charge is -2.38. The maximum absolute atomic E-state index is 13.4. The molecule has 248 valence electrons. The highest BCUT2D eigenvalue weighted by molar-refractivity contribution is 5.71. The van der Waals surface area contributed by atoms with E-state index in [0.29, 0.717) is 50.6 Å². The van der Waals surface area contributed by atoms with E-state index in [0.717, 1.165) is 40.0 Å². The summed E-state index contributed by atoms with van der Waals surface area (Å²) in [6.07, 6.45) is 0.712. The minimum absolute atomic E-state index is 0.0520. The number of aryl methyl sites for hydroxylation is 1. The number of ether oxygens (including phenoxy) is 4. The highest BCUT2D eigenvalue weighted by atomic mass is 17.1. The number of amides is 1. The lowest BCUT2D eigenvalue weighted by molar-refractivity contribution is -0.497. The zero-order valence-electron chi connectivity index (χ0n) is 26.8. The second-order valence-electron chi connectivity index (χ2n) is 11.5. The summed E-state index contributed by atoms with van der Waals surface area (Å²) in [5.74, 6) is 1.21. The molecular formula is C37H42N2O8. The number of hydrogen-bond donors (Lipinski definition) is 2. The Morgan fingerprint density at radius 3 is 2.45 bits per heavy atom. The predicted octanol–water partition coefficient (Wildman–Crippen LogP) is 7.16. The number of hydrogen-bond acceptors (Lipinski definition) is 9. The van der Waals surface area contributed by atoms with E-state index in [1.807, 2.05) is 43.3 Å². The second-order valence-corrected chi connectivity index (χ2v) is 11.5. The second kappa shape index (κ2) is 17.0. The minimum atomic E-state index is -0.464. The summed E-state index contributed by atoms with van der Waals surface area (Å²) >= 11 is 0. The standard InChI is InChI=1S/C37H42N2O8/c1-27-12-15-32(35(22-27)44-21-7-20-43-2)26-45-36-24-38(37(40)47-33-16-13-28(14-17-33)25-46-39(41)42)19-18-34(36)31-11-6-10-30(23-31)29-8-4-3-5-9-29/h3-6,8-17,22-23,34,36,41-42H,7,18-21,24-26H2,1-2H3/t34-,36+/m1/s1. The summed E-state index contributed by atoms with van der Waals surface area (Å²) in [5.41, 5.74) is 6.15. The molecule has 47 heavy (non-hydrogen) atoms. The van der Waals surface area contributed by atoms with Crippen LogP contribution in [0.4, 0.5) is 4.79 Å². The van der Waals surface area contributed by atoms with Crippen molar-refractivity contribution in [3.8, 4) is 22.6 Å². The van der Waals surface area contributed by atoms with Crippen molar-refractivity contribution in [1.82, 2.24) is 10.3 Å². The first-order valence-corrected chi connectivity index (χ1v) is 15.7. The largest absolute Gasteiger partial charge is 0.493 e. The third-order valence-electron chi connectivity index (χ3n) is 8.14. The molecule has 2 N–H and O–H groups in total. The molecule has 4 aromatic rings. The Morgan fingerprint density at radius 2 is 1.68 bits per heavy atom. The lowest BCUT2D eigenvalue weighted by atomic mass is 9.85. The maximum atomic E-state index is 13.4. The van der Waals surface area contributed by atoms with Crippen LogP contribution in [0.2, 0.25) is 0 Å². The van der Waals surface area contributed by atoms with Crippen molar-refractivity contribution < 1.29 is 39.0 Å². The van der Waals surface area contributed by atoms with E-state index in [2.05, 4.69) is 41.2 Å². The number of benzene rings is 4. The number of nitrogens with zero attached hydrogens (tertiary/aromatic N) is 2. The predicted molar refractivity (Wildman–Crippen MR) is 175 cm³/mol. The van der Waals surface area contributed by atoms with Crippen molar-refractivity contribution in [1.29, 1.82) is 0 Å². The van der Waals surface area contributed by atoms with E-state index < -0.39 is 6.09 Å². The molecule has 0 unspecified atom stereocenters. The van der Waals surface area contributed by atoms with Gasteiger partial charge in [-0.3, -0.25) is 10.4 Å². The van der Waals surface area contributed by atoms with Crippen LogP contribution < -0.4 is 9.47 Å². The van der Waals surface area contributed by atoms with E-state index in [9.17, 15) is 4.79 Å². The third kappa shape index (κ3) is 9.85. The van der Waals surface area contributed by atoms with Gasteiger partial charge in [0.05, 0.1) is 37.9 Å². The van der Waals surface area contributed by atoms with Gasteiger partial charge in [-0.2, -0.15) is 0 Å². The van der Waals surface area contributed by atoms with Gasteiger partial charge in [0.25, 0.3) is 0 Å². The zero-order valence-corrected chi connectivity index (χ0v) is 26.8. The number of carbonyl (C=O) groups excluding carboxylic acids is 1. The van der Waals surface area contributed by atoms with Crippen LogP contribution in [0.5, 0.6) is 11.5 Å². The molecule has 1 heterocycles. The van der Waals surface area contributed by atoms with Gasteiger partial charge in [0.2, 0.25) is 0 Å². The Balaban J connectivity index is 1.32. The fourth-order valence-corrected chi connectivity index (χ4v) is 5.66. The molecule has 0 radical (unpaired) electrons. The van der Waals surface area contributed by atoms with Crippen LogP contribution in [-0.4, -0.2) is 66.3 Å². The summed E-state index contributed by atoms with van der Waals surface area (Å²) in [5, 5.41) is 17.2. The van der Waals surface area contributed by atoms with Gasteiger partial charge in [-0.05, 0) is 59.4 Å². The molecule has 5 rings (SSSR count). The Bertz CT molecular complexity index is 1560. The van der Waals surface area contributed by atoms with Crippen molar-refractivity contribution in [2.45, 2.75) is 45.0 Å². The Labute approximate surface area is 275 Å². The SMILES string of the molecule is COCCCOc1cc(C)ccc1CO[C@H]1CN(C(=O)Oc2ccc(CON(O)O)cc2)CC[C@@H]1c1cccc(-c2ccccc2)c1. The van der Waals surface area contributed by atoms with E-state index in [4.69, 9.17) is 29.4 Å². The van der Waals surface area contributed by atoms with Gasteiger partial charge in [-0.15, -0.1) is 0 Å². The molecule has 1 aliphatic heterocycles. The fraction of sp³-hybridized carbons (Fsp3) is 0.324. The summed E-state index contributed by atoms with van der Waals surface area (Å²) in [4.78, 5) is 19.7. The van der Waals surface area contributed by atoms with Crippen LogP contribution in [0.15, 0.2) is 97.1 Å². The van der Waals surface area contributed by atoms with E-state index >= 15 is 0 Å². The van der Waals surface area contributed by atoms with Crippen LogP contribution in [0, 0.1) is 6.92 Å². The Kier molecular flexibility index (Phi) is 12.3. The van der Waals surface area contributed by atoms with Crippen molar-refractivity contribution in [3.63, 3.8) is 0 Å². The van der Waals surface area contributed by atoms with Crippen LogP contribution in [0.1, 0.15) is 41.0 Å². The van der Waals surface area contributed by atoms with Crippen molar-refractivity contribution in [3.05, 3.63) is 119 Å². The topological polar surface area (TPSA) is 110 Å². The quantitative estimate of drug-likeness (QED) is 0.109. The molecule has 1 fully saturated rings. The number of methoxy groups -OCH3 is 1. The van der Waals surface area contributed by atoms with Gasteiger partial charge >= 0.3 is 6.09 Å². The van der Waals surface area contributed by atoms with E-state index in [1.165, 1.54) is 0 Å². The summed E-state index contributed by atoms with van der Waals surface area (Å²) < 4.78 is 23.7. The van der Waals surface area contributed by atoms with E-state index in [-0.39, 0.29) is 24.0 Å². The summed E-state index contributed by atoms with van der Waals surface area (Å²) in [6, 6.07) is 31.6. The Hall–Kier alpha value is -4.29. The molecule has 1 amide bonds. The smallest absolute Gasteiger partial charge is 0.415 e. The maximum Gasteiger partial charge on any atom is 0.415 e. The molecule has 1 saturated heterocycles. The zero-order chi connectivity index (χ0) is 33.0. The molecule has 0 aromatic heterocycles. The minimum Gasteiger partial charge on any atom is -0.493 e. The molecule has 4 aromatic carbocycles. The van der Waals surface area contributed by atoms with Crippen molar-refractivity contribution in [2.24, 2.45) is 0 Å². The molecule has 0 saturated carbocycles. The number of likely N-dealkylation sites (tertiary alicyclic amines) is 1. The first-order chi connectivity index (χ1) is 22.9. The van der Waals surface area contributed by atoms with Crippen LogP contribution in [0.3, 0.4) is 0 Å². The van der Waals surface area contributed by atoms with E-state index in [1.54, 1.807) is 36.3 Å². The number of rotatable bonds is 14. The molecule has 10 nitrogen and oxygen atoms in total. The monoisotopic (exact) mass is 642 g/mol. The molecular weight excluding hydrogens is 600 g/mol. The first kappa shape index (κ1) is 34.1. The fourth-order valence-electron chi connectivity index (χ4n) is 5.66. The Morgan fingerprint density at radius 1 is 0.894 bits per heavy atom. The van der Waals surface area contributed by atoms with Gasteiger partial charge in [-0.25, -0.2) is 9.63 Å². The van der Waals surface area contributed by atoms with Crippen molar-refractivity contribution in [2.75, 3.05) is 33.4 Å². The highest BCUT2D eigenvalue weighted by Crippen LogP contribution is 2.34. The molecule has 0 bridgehead atoms. The van der Waals surface area contributed by atoms with Crippen LogP contribution in [0.25, 0.3) is 11.1 Å². The number of carbonyl (C=O) groups is 1. The molecule has 1 aliphatic rings. The number of piperidine rings is 1. The molecule has 0 aliphatic carbocycles. The van der Waals surface area contributed by atoms with Gasteiger partial charge < -0.3 is 23.8 Å². The van der Waals surface area contributed by atoms with Gasteiger partial charge in [0, 0.05) is 38.2 Å². The first-order valence-electron chi connectivity index (χ1n) is 15.7. The highest BCUT2D eigenvalue weighted by Gasteiger charge is 2.34. The average Bonchev–Trinajstić information content (AvgIpc) is 3.09. The molecule has 10 heteroatoms. The van der Waals surface area contributed by atoms with Gasteiger partial charge in [0.1, 0.15) is 11.5 Å². The average molecular weight is 643 g/mol.